The zero-order valence-electron chi connectivity index (χ0n) is 13.1. The average Bonchev–Trinajstić information content (AvgIpc) is 3.17. The van der Waals surface area contributed by atoms with Crippen LogP contribution >= 0.6 is 0 Å². The molecule has 6 nitrogen and oxygen atoms in total. The van der Waals surface area contributed by atoms with Gasteiger partial charge >= 0.3 is 0 Å². The van der Waals surface area contributed by atoms with E-state index in [0.717, 1.165) is 25.7 Å². The maximum atomic E-state index is 12.3. The first-order valence-corrected chi connectivity index (χ1v) is 7.71. The number of likely N-dealkylation sites (N-methyl/N-ethyl adjacent to an activating group) is 1. The van der Waals surface area contributed by atoms with Crippen LogP contribution in [-0.4, -0.2) is 60.5 Å². The monoisotopic (exact) mass is 306 g/mol. The lowest BCUT2D eigenvalue weighted by molar-refractivity contribution is -0.148. The molecule has 2 amide bonds. The van der Waals surface area contributed by atoms with Crippen molar-refractivity contribution in [3.63, 3.8) is 0 Å². The molecular weight excluding hydrogens is 284 g/mol. The normalized spacial score (nSPS) is 23.7. The Morgan fingerprint density at radius 2 is 2.00 bits per heavy atom. The summed E-state index contributed by atoms with van der Waals surface area (Å²) in [5.74, 6) is 0.0382. The third-order valence-electron chi connectivity index (χ3n) is 4.70. The second kappa shape index (κ2) is 5.76. The number of carbonyl (C=O) groups is 2. The fourth-order valence-electron chi connectivity index (χ4n) is 3.33. The van der Waals surface area contributed by atoms with Gasteiger partial charge in [0.15, 0.2) is 0 Å². The lowest BCUT2D eigenvalue weighted by atomic mass is 9.88. The molecule has 2 aliphatic heterocycles. The minimum Gasteiger partial charge on any atom is -0.472 e. The fraction of sp³-hybridized carbons (Fsp3) is 0.625. The minimum atomic E-state index is -0.328. The van der Waals surface area contributed by atoms with E-state index >= 15 is 0 Å². The smallest absolute Gasteiger partial charge is 0.257 e. The number of rotatable bonds is 2. The first-order valence-electron chi connectivity index (χ1n) is 7.71. The average molecular weight is 306 g/mol. The predicted octanol–water partition coefficient (Wildman–Crippen LogP) is 1.52. The van der Waals surface area contributed by atoms with Crippen LogP contribution in [0.2, 0.25) is 0 Å². The molecule has 0 aliphatic carbocycles. The predicted molar refractivity (Wildman–Crippen MR) is 79.4 cm³/mol. The summed E-state index contributed by atoms with van der Waals surface area (Å²) in [4.78, 5) is 27.7. The van der Waals surface area contributed by atoms with Gasteiger partial charge in [-0.25, -0.2) is 0 Å². The summed E-state index contributed by atoms with van der Waals surface area (Å²) < 4.78 is 11.1. The zero-order valence-corrected chi connectivity index (χ0v) is 13.1. The largest absolute Gasteiger partial charge is 0.472 e. The first kappa shape index (κ1) is 15.1. The van der Waals surface area contributed by atoms with E-state index < -0.39 is 0 Å². The van der Waals surface area contributed by atoms with Crippen LogP contribution in [-0.2, 0) is 9.53 Å². The van der Waals surface area contributed by atoms with Gasteiger partial charge in [-0.15, -0.1) is 0 Å². The van der Waals surface area contributed by atoms with E-state index in [4.69, 9.17) is 9.15 Å². The van der Waals surface area contributed by atoms with Crippen molar-refractivity contribution < 1.29 is 18.7 Å². The molecular formula is C16H22N2O4. The molecule has 0 bridgehead atoms. The van der Waals surface area contributed by atoms with E-state index in [1.165, 1.54) is 12.5 Å². The van der Waals surface area contributed by atoms with Gasteiger partial charge in [-0.2, -0.15) is 0 Å². The molecule has 0 N–H and O–H groups in total. The second-order valence-corrected chi connectivity index (χ2v) is 6.37. The molecule has 0 saturated carbocycles. The van der Waals surface area contributed by atoms with E-state index in [-0.39, 0.29) is 23.5 Å². The Bertz CT molecular complexity index is 545. The number of hydrogen-bond acceptors (Lipinski definition) is 4. The summed E-state index contributed by atoms with van der Waals surface area (Å²) in [5.41, 5.74) is 0.354. The number of piperidine rings is 1. The first-order chi connectivity index (χ1) is 10.5. The molecule has 2 aliphatic rings. The number of carbonyl (C=O) groups excluding carboxylic acids is 2. The third-order valence-corrected chi connectivity index (χ3v) is 4.70. The van der Waals surface area contributed by atoms with Gasteiger partial charge in [0.25, 0.3) is 11.8 Å². The number of amides is 2. The zero-order chi connectivity index (χ0) is 15.7. The summed E-state index contributed by atoms with van der Waals surface area (Å²) in [7, 11) is 3.51. The Balaban J connectivity index is 1.58. The molecule has 2 fully saturated rings. The topological polar surface area (TPSA) is 63.0 Å². The highest BCUT2D eigenvalue weighted by Crippen LogP contribution is 2.39. The molecule has 1 atom stereocenters. The fourth-order valence-corrected chi connectivity index (χ4v) is 3.33. The number of nitrogens with zero attached hydrogens (tertiary/aromatic N) is 2. The highest BCUT2D eigenvalue weighted by atomic mass is 16.5. The maximum absolute atomic E-state index is 12.3. The molecule has 1 spiro atoms. The van der Waals surface area contributed by atoms with Gasteiger partial charge in [-0.1, -0.05) is 0 Å². The molecule has 6 heteroatoms. The van der Waals surface area contributed by atoms with Crippen LogP contribution in [0.25, 0.3) is 0 Å². The summed E-state index contributed by atoms with van der Waals surface area (Å²) in [6, 6.07) is 1.69. The summed E-state index contributed by atoms with van der Waals surface area (Å²) in [6.07, 6.45) is 5.89. The van der Waals surface area contributed by atoms with E-state index in [9.17, 15) is 9.59 Å². The lowest BCUT2D eigenvalue weighted by Gasteiger charge is -2.39. The van der Waals surface area contributed by atoms with Crippen molar-refractivity contribution in [3.8, 4) is 0 Å². The van der Waals surface area contributed by atoms with Gasteiger partial charge in [0.1, 0.15) is 12.4 Å². The lowest BCUT2D eigenvalue weighted by Crippen LogP contribution is -2.47. The van der Waals surface area contributed by atoms with Crippen molar-refractivity contribution in [2.75, 3.05) is 27.2 Å². The third kappa shape index (κ3) is 2.75. The standard InChI is InChI=1S/C16H22N2O4/c1-17(2)15(20)13-3-5-16(22-13)6-8-18(9-7-16)14(19)12-4-10-21-11-12/h4,10-11,13H,3,5-9H2,1-2H3/t13-/m1/s1. The summed E-state index contributed by atoms with van der Waals surface area (Å²) in [6.45, 7) is 1.32. The van der Waals surface area contributed by atoms with E-state index in [0.29, 0.717) is 18.7 Å². The van der Waals surface area contributed by atoms with E-state index in [1.807, 2.05) is 4.90 Å². The molecule has 0 aromatic carbocycles. The SMILES string of the molecule is CN(C)C(=O)[C@H]1CCC2(CCN(C(=O)c3ccoc3)CC2)O1. The van der Waals surface area contributed by atoms with Crippen LogP contribution < -0.4 is 0 Å². The van der Waals surface area contributed by atoms with Crippen molar-refractivity contribution in [1.29, 1.82) is 0 Å². The van der Waals surface area contributed by atoms with Crippen LogP contribution in [0.1, 0.15) is 36.0 Å². The minimum absolute atomic E-state index is 0.00233. The molecule has 1 aromatic rings. The Hall–Kier alpha value is -1.82. The number of hydrogen-bond donors (Lipinski definition) is 0. The number of furan rings is 1. The Morgan fingerprint density at radius 1 is 1.27 bits per heavy atom. The van der Waals surface area contributed by atoms with Crippen LogP contribution in [0.3, 0.4) is 0 Å². The second-order valence-electron chi connectivity index (χ2n) is 6.37. The van der Waals surface area contributed by atoms with Crippen molar-refractivity contribution in [2.24, 2.45) is 0 Å². The quantitative estimate of drug-likeness (QED) is 0.831. The van der Waals surface area contributed by atoms with Crippen molar-refractivity contribution in [1.82, 2.24) is 9.80 Å². The van der Waals surface area contributed by atoms with Crippen LogP contribution in [0.4, 0.5) is 0 Å². The number of ether oxygens (including phenoxy) is 1. The molecule has 120 valence electrons. The van der Waals surface area contributed by atoms with Crippen molar-refractivity contribution in [3.05, 3.63) is 24.2 Å². The van der Waals surface area contributed by atoms with Gasteiger partial charge in [-0.05, 0) is 31.7 Å². The molecule has 3 heterocycles. The summed E-state index contributed by atoms with van der Waals surface area (Å²) >= 11 is 0. The molecule has 22 heavy (non-hydrogen) atoms. The van der Waals surface area contributed by atoms with Crippen molar-refractivity contribution >= 4 is 11.8 Å². The maximum Gasteiger partial charge on any atom is 0.257 e. The van der Waals surface area contributed by atoms with E-state index in [1.54, 1.807) is 25.1 Å². The van der Waals surface area contributed by atoms with Crippen LogP contribution in [0.15, 0.2) is 23.0 Å². The molecule has 0 radical (unpaired) electrons. The van der Waals surface area contributed by atoms with Crippen LogP contribution in [0, 0.1) is 0 Å². The Labute approximate surface area is 130 Å². The van der Waals surface area contributed by atoms with Crippen LogP contribution in [0.5, 0.6) is 0 Å². The van der Waals surface area contributed by atoms with Gasteiger partial charge in [0, 0.05) is 27.2 Å². The number of likely N-dealkylation sites (tertiary alicyclic amines) is 1. The van der Waals surface area contributed by atoms with Gasteiger partial charge in [0.05, 0.1) is 17.4 Å². The Morgan fingerprint density at radius 3 is 2.59 bits per heavy atom. The highest BCUT2D eigenvalue weighted by molar-refractivity contribution is 5.93. The van der Waals surface area contributed by atoms with E-state index in [2.05, 4.69) is 0 Å². The molecule has 3 rings (SSSR count). The summed E-state index contributed by atoms with van der Waals surface area (Å²) in [5, 5.41) is 0. The molecule has 0 unspecified atom stereocenters. The molecule has 2 saturated heterocycles. The van der Waals surface area contributed by atoms with Gasteiger partial charge in [0.2, 0.25) is 0 Å². The molecule has 1 aromatic heterocycles. The highest BCUT2D eigenvalue weighted by Gasteiger charge is 2.45. The van der Waals surface area contributed by atoms with Crippen molar-refractivity contribution in [2.45, 2.75) is 37.4 Å². The Kier molecular flexibility index (Phi) is 3.95. The van der Waals surface area contributed by atoms with Gasteiger partial charge < -0.3 is 19.0 Å². The van der Waals surface area contributed by atoms with Gasteiger partial charge in [-0.3, -0.25) is 9.59 Å².